The summed E-state index contributed by atoms with van der Waals surface area (Å²) < 4.78 is 13.6. The molecule has 252 valence electrons. The maximum atomic E-state index is 13.7. The quantitative estimate of drug-likeness (QED) is 0.0636. The second-order valence-corrected chi connectivity index (χ2v) is 24.9. The van der Waals surface area contributed by atoms with Gasteiger partial charge >= 0.3 is 264 Å². The molecule has 0 rings (SSSR count). The predicted octanol–water partition coefficient (Wildman–Crippen LogP) is 12.0. The van der Waals surface area contributed by atoms with Crippen LogP contribution in [0.3, 0.4) is 0 Å². The molecule has 0 aliphatic heterocycles. The van der Waals surface area contributed by atoms with Crippen LogP contribution in [-0.4, -0.2) is 61.2 Å². The standard InChI is InChI=1S/C36H74O4P2/c1-9-17-27-41(28-18-10-2,29-19-11-3,30-20-12-4)39-35(37)25-26-36(38)40-42(31-21-13-5,32-22-14-6,33-23-15-7)34-24-16-8/h25-26H,9-24,27-34H2,1-8H3/b26-25-. The molecule has 0 atom stereocenters. The van der Waals surface area contributed by atoms with Crippen molar-refractivity contribution in [1.29, 1.82) is 0 Å². The fourth-order valence-electron chi connectivity index (χ4n) is 6.88. The minimum absolute atomic E-state index is 0.312. The number of unbranched alkanes of at least 4 members (excludes halogenated alkanes) is 8. The summed E-state index contributed by atoms with van der Waals surface area (Å²) in [7, 11) is 0. The van der Waals surface area contributed by atoms with Crippen LogP contribution in [0.1, 0.15) is 158 Å². The molecule has 0 N–H and O–H groups in total. The number of hydrogen-bond acceptors (Lipinski definition) is 4. The first-order valence-corrected chi connectivity index (χ1v) is 24.1. The van der Waals surface area contributed by atoms with Crippen LogP contribution in [0.5, 0.6) is 0 Å². The van der Waals surface area contributed by atoms with E-state index in [1.54, 1.807) is 0 Å². The fourth-order valence-corrected chi connectivity index (χ4v) is 20.4. The van der Waals surface area contributed by atoms with Gasteiger partial charge in [0.15, 0.2) is 0 Å². The Bertz CT molecular complexity index is 614. The van der Waals surface area contributed by atoms with E-state index in [0.29, 0.717) is 0 Å². The van der Waals surface area contributed by atoms with Crippen LogP contribution in [-0.2, 0) is 18.6 Å². The Kier molecular flexibility index (Phi) is 21.9. The van der Waals surface area contributed by atoms with E-state index in [2.05, 4.69) is 55.4 Å². The van der Waals surface area contributed by atoms with E-state index in [4.69, 9.17) is 9.05 Å². The van der Waals surface area contributed by atoms with E-state index in [1.807, 2.05) is 0 Å². The van der Waals surface area contributed by atoms with Gasteiger partial charge in [-0.3, -0.25) is 0 Å². The fraction of sp³-hybridized carbons (Fsp3) is 0.889. The molecule has 0 heterocycles. The van der Waals surface area contributed by atoms with Crippen LogP contribution in [0.25, 0.3) is 0 Å². The first-order chi connectivity index (χ1) is 20.1. The van der Waals surface area contributed by atoms with Gasteiger partial charge in [-0.1, -0.05) is 0 Å². The molecular formula is C36H74O4P2. The Morgan fingerprint density at radius 2 is 0.548 bits per heavy atom. The first kappa shape index (κ1) is 41.5. The molecule has 4 nitrogen and oxygen atoms in total. The zero-order valence-corrected chi connectivity index (χ0v) is 31.4. The van der Waals surface area contributed by atoms with Gasteiger partial charge in [0, 0.05) is 0 Å². The van der Waals surface area contributed by atoms with Gasteiger partial charge in [0.05, 0.1) is 0 Å². The first-order valence-electron chi connectivity index (χ1n) is 18.3. The van der Waals surface area contributed by atoms with Crippen molar-refractivity contribution >= 4 is 25.6 Å². The van der Waals surface area contributed by atoms with E-state index in [-0.39, 0.29) is 11.9 Å². The summed E-state index contributed by atoms with van der Waals surface area (Å²) in [4.78, 5) is 27.4. The summed E-state index contributed by atoms with van der Waals surface area (Å²) in [5, 5.41) is 0. The Morgan fingerprint density at radius 3 is 0.690 bits per heavy atom. The molecular weight excluding hydrogens is 558 g/mol. The van der Waals surface area contributed by atoms with Gasteiger partial charge in [-0.15, -0.1) is 0 Å². The van der Waals surface area contributed by atoms with E-state index < -0.39 is 13.7 Å². The Balaban J connectivity index is 6.42. The molecule has 0 spiro atoms. The van der Waals surface area contributed by atoms with E-state index in [1.165, 1.54) is 12.2 Å². The van der Waals surface area contributed by atoms with E-state index >= 15 is 0 Å². The molecule has 0 unspecified atom stereocenters. The van der Waals surface area contributed by atoms with Crippen LogP contribution >= 0.6 is 13.7 Å². The Morgan fingerprint density at radius 1 is 0.381 bits per heavy atom. The molecule has 42 heavy (non-hydrogen) atoms. The van der Waals surface area contributed by atoms with Crippen molar-refractivity contribution in [2.45, 2.75) is 158 Å². The predicted molar refractivity (Wildman–Crippen MR) is 193 cm³/mol. The molecule has 0 aliphatic carbocycles. The summed E-state index contributed by atoms with van der Waals surface area (Å²) >= 11 is 0. The van der Waals surface area contributed by atoms with E-state index in [0.717, 1.165) is 152 Å². The minimum atomic E-state index is -2.74. The summed E-state index contributed by atoms with van der Waals surface area (Å²) in [5.74, 6) is -0.623. The van der Waals surface area contributed by atoms with Crippen LogP contribution in [0, 0.1) is 0 Å². The second-order valence-electron chi connectivity index (χ2n) is 13.5. The van der Waals surface area contributed by atoms with Crippen LogP contribution in [0.4, 0.5) is 0 Å². The third kappa shape index (κ3) is 14.1. The average molecular weight is 633 g/mol. The third-order valence-corrected chi connectivity index (χ3v) is 22.6. The molecule has 0 aromatic heterocycles. The van der Waals surface area contributed by atoms with Gasteiger partial charge in [0.25, 0.3) is 0 Å². The Labute approximate surface area is 263 Å². The zero-order chi connectivity index (χ0) is 31.8. The second kappa shape index (κ2) is 22.1. The SMILES string of the molecule is CCCCP(CCCC)(CCCC)(CCCC)OC(=O)/C=C\C(=O)OP(CCCC)(CCCC)(CCCC)CCCC. The van der Waals surface area contributed by atoms with Crippen LogP contribution in [0.2, 0.25) is 0 Å². The molecule has 0 aromatic rings. The molecule has 0 saturated heterocycles. The molecule has 0 bridgehead atoms. The number of carbonyl (C=O) groups excluding carboxylic acids is 2. The molecule has 0 aromatic carbocycles. The van der Waals surface area contributed by atoms with Crippen molar-refractivity contribution in [2.24, 2.45) is 0 Å². The molecule has 0 aliphatic rings. The van der Waals surface area contributed by atoms with Gasteiger partial charge in [0.2, 0.25) is 0 Å². The van der Waals surface area contributed by atoms with E-state index in [9.17, 15) is 9.59 Å². The van der Waals surface area contributed by atoms with Gasteiger partial charge in [-0.25, -0.2) is 0 Å². The molecule has 0 saturated carbocycles. The van der Waals surface area contributed by atoms with Gasteiger partial charge in [0.1, 0.15) is 0 Å². The summed E-state index contributed by atoms with van der Waals surface area (Å²) in [6, 6.07) is 0. The van der Waals surface area contributed by atoms with Crippen molar-refractivity contribution in [2.75, 3.05) is 49.3 Å². The summed E-state index contributed by atoms with van der Waals surface area (Å²) in [6.07, 6.45) is 28.8. The number of hydrogen-bond donors (Lipinski definition) is 0. The topological polar surface area (TPSA) is 52.6 Å². The van der Waals surface area contributed by atoms with Crippen molar-refractivity contribution in [3.63, 3.8) is 0 Å². The number of rotatable bonds is 28. The Hall–Kier alpha value is -0.460. The summed E-state index contributed by atoms with van der Waals surface area (Å²) in [5.41, 5.74) is 0. The number of carbonyl (C=O) groups is 2. The van der Waals surface area contributed by atoms with Gasteiger partial charge in [-0.05, 0) is 0 Å². The van der Waals surface area contributed by atoms with Gasteiger partial charge < -0.3 is 0 Å². The normalized spacial score (nSPS) is 14.3. The molecule has 0 radical (unpaired) electrons. The van der Waals surface area contributed by atoms with Crippen molar-refractivity contribution in [3.8, 4) is 0 Å². The van der Waals surface area contributed by atoms with Gasteiger partial charge in [-0.2, -0.15) is 0 Å². The van der Waals surface area contributed by atoms with Crippen molar-refractivity contribution < 1.29 is 18.6 Å². The molecule has 0 amide bonds. The molecule has 0 fully saturated rings. The zero-order valence-electron chi connectivity index (χ0n) is 29.7. The van der Waals surface area contributed by atoms with Crippen LogP contribution < -0.4 is 0 Å². The van der Waals surface area contributed by atoms with Crippen LogP contribution in [0.15, 0.2) is 12.2 Å². The third-order valence-electron chi connectivity index (χ3n) is 9.67. The van der Waals surface area contributed by atoms with Crippen molar-refractivity contribution in [3.05, 3.63) is 12.2 Å². The average Bonchev–Trinajstić information content (AvgIpc) is 3.00. The monoisotopic (exact) mass is 633 g/mol. The molecule has 6 heteroatoms. The maximum absolute atomic E-state index is 13.7. The van der Waals surface area contributed by atoms with Crippen molar-refractivity contribution in [1.82, 2.24) is 0 Å². The summed E-state index contributed by atoms with van der Waals surface area (Å²) in [6.45, 7) is 12.4.